The molecule has 5 heteroatoms. The van der Waals surface area contributed by atoms with Crippen LogP contribution in [-0.4, -0.2) is 62.3 Å². The number of piperidine rings is 1. The van der Waals surface area contributed by atoms with E-state index in [1.165, 1.54) is 25.8 Å². The van der Waals surface area contributed by atoms with Gasteiger partial charge in [0.1, 0.15) is 0 Å². The number of methoxy groups -OCH3 is 1. The van der Waals surface area contributed by atoms with E-state index in [4.69, 9.17) is 4.74 Å². The first-order chi connectivity index (χ1) is 9.70. The molecular weight excluding hydrogens is 254 g/mol. The van der Waals surface area contributed by atoms with Crippen LogP contribution in [0.25, 0.3) is 0 Å². The van der Waals surface area contributed by atoms with Gasteiger partial charge >= 0.3 is 0 Å². The Bertz CT molecular complexity index is 311. The van der Waals surface area contributed by atoms with Gasteiger partial charge in [-0.25, -0.2) is 0 Å². The van der Waals surface area contributed by atoms with Crippen molar-refractivity contribution >= 4 is 5.91 Å². The summed E-state index contributed by atoms with van der Waals surface area (Å²) in [6.45, 7) is 6.18. The number of hydrogen-bond acceptors (Lipinski definition) is 4. The lowest BCUT2D eigenvalue weighted by atomic mass is 10.0. The van der Waals surface area contributed by atoms with E-state index in [9.17, 15) is 4.79 Å². The number of rotatable bonds is 6. The SMILES string of the molecule is COC1CNC(C(=O)NCCCN2CCCCC2C)C1. The molecule has 0 aliphatic carbocycles. The molecule has 0 aromatic rings. The number of carbonyl (C=O) groups excluding carboxylic acids is 1. The Morgan fingerprint density at radius 2 is 2.30 bits per heavy atom. The minimum atomic E-state index is -0.0751. The molecule has 5 nitrogen and oxygen atoms in total. The predicted octanol–water partition coefficient (Wildman–Crippen LogP) is 0.744. The smallest absolute Gasteiger partial charge is 0.237 e. The highest BCUT2D eigenvalue weighted by Crippen LogP contribution is 2.16. The van der Waals surface area contributed by atoms with Crippen molar-refractivity contribution in [3.8, 4) is 0 Å². The highest BCUT2D eigenvalue weighted by molar-refractivity contribution is 5.82. The summed E-state index contributed by atoms with van der Waals surface area (Å²) in [7, 11) is 1.70. The summed E-state index contributed by atoms with van der Waals surface area (Å²) in [5.74, 6) is 0.122. The molecule has 0 bridgehead atoms. The van der Waals surface area contributed by atoms with Crippen molar-refractivity contribution in [1.29, 1.82) is 0 Å². The molecular formula is C15H29N3O2. The fraction of sp³-hybridized carbons (Fsp3) is 0.933. The van der Waals surface area contributed by atoms with Gasteiger partial charge in [-0.1, -0.05) is 6.42 Å². The molecule has 0 spiro atoms. The van der Waals surface area contributed by atoms with E-state index in [0.717, 1.165) is 32.5 Å². The van der Waals surface area contributed by atoms with Gasteiger partial charge in [-0.15, -0.1) is 0 Å². The second-order valence-corrected chi connectivity index (χ2v) is 6.08. The second kappa shape index (κ2) is 7.96. The molecule has 0 saturated carbocycles. The van der Waals surface area contributed by atoms with Crippen molar-refractivity contribution in [2.45, 2.75) is 57.2 Å². The maximum Gasteiger partial charge on any atom is 0.237 e. The van der Waals surface area contributed by atoms with Crippen molar-refractivity contribution in [1.82, 2.24) is 15.5 Å². The fourth-order valence-corrected chi connectivity index (χ4v) is 3.19. The van der Waals surface area contributed by atoms with Gasteiger partial charge in [-0.05, 0) is 39.2 Å². The number of nitrogens with zero attached hydrogens (tertiary/aromatic N) is 1. The number of amides is 1. The standard InChI is InChI=1S/C15H29N3O2/c1-12-6-3-4-8-18(12)9-5-7-16-15(19)14-10-13(20-2)11-17-14/h12-14,17H,3-11H2,1-2H3,(H,16,19). The molecule has 3 atom stereocenters. The van der Waals surface area contributed by atoms with Gasteiger partial charge in [0, 0.05) is 32.8 Å². The molecule has 2 fully saturated rings. The molecule has 116 valence electrons. The lowest BCUT2D eigenvalue weighted by molar-refractivity contribution is -0.122. The Morgan fingerprint density at radius 3 is 3.00 bits per heavy atom. The number of likely N-dealkylation sites (tertiary alicyclic amines) is 1. The monoisotopic (exact) mass is 283 g/mol. The third kappa shape index (κ3) is 4.43. The molecule has 20 heavy (non-hydrogen) atoms. The van der Waals surface area contributed by atoms with Crippen LogP contribution >= 0.6 is 0 Å². The molecule has 2 rings (SSSR count). The van der Waals surface area contributed by atoms with Gasteiger partial charge in [0.2, 0.25) is 5.91 Å². The lowest BCUT2D eigenvalue weighted by Crippen LogP contribution is -2.42. The summed E-state index contributed by atoms with van der Waals surface area (Å²) >= 11 is 0. The first-order valence-corrected chi connectivity index (χ1v) is 7.98. The van der Waals surface area contributed by atoms with Crippen LogP contribution in [0.5, 0.6) is 0 Å². The number of nitrogens with one attached hydrogen (secondary N) is 2. The van der Waals surface area contributed by atoms with Gasteiger partial charge in [-0.2, -0.15) is 0 Å². The Kier molecular flexibility index (Phi) is 6.26. The average molecular weight is 283 g/mol. The van der Waals surface area contributed by atoms with Crippen LogP contribution in [-0.2, 0) is 9.53 Å². The maximum atomic E-state index is 12.0. The Balaban J connectivity index is 1.57. The summed E-state index contributed by atoms with van der Waals surface area (Å²) < 4.78 is 5.26. The van der Waals surface area contributed by atoms with Crippen molar-refractivity contribution in [2.24, 2.45) is 0 Å². The van der Waals surface area contributed by atoms with E-state index >= 15 is 0 Å². The van der Waals surface area contributed by atoms with E-state index < -0.39 is 0 Å². The molecule has 2 N–H and O–H groups in total. The van der Waals surface area contributed by atoms with E-state index in [1.807, 2.05) is 0 Å². The minimum absolute atomic E-state index is 0.0751. The van der Waals surface area contributed by atoms with E-state index in [1.54, 1.807) is 7.11 Å². The zero-order valence-corrected chi connectivity index (χ0v) is 12.9. The fourth-order valence-electron chi connectivity index (χ4n) is 3.19. The van der Waals surface area contributed by atoms with Crippen molar-refractivity contribution in [3.05, 3.63) is 0 Å². The van der Waals surface area contributed by atoms with Crippen molar-refractivity contribution in [3.63, 3.8) is 0 Å². The summed E-state index contributed by atoms with van der Waals surface area (Å²) in [6.07, 6.45) is 6.00. The van der Waals surface area contributed by atoms with Crippen molar-refractivity contribution < 1.29 is 9.53 Å². The molecule has 2 saturated heterocycles. The van der Waals surface area contributed by atoms with E-state index in [0.29, 0.717) is 6.04 Å². The predicted molar refractivity (Wildman–Crippen MR) is 79.7 cm³/mol. The Labute approximate surface area is 122 Å². The maximum absolute atomic E-state index is 12.0. The summed E-state index contributed by atoms with van der Waals surface area (Å²) in [6, 6.07) is 0.632. The lowest BCUT2D eigenvalue weighted by Gasteiger charge is -2.33. The third-order valence-electron chi connectivity index (χ3n) is 4.60. The molecule has 0 radical (unpaired) electrons. The zero-order valence-electron chi connectivity index (χ0n) is 12.9. The molecule has 2 heterocycles. The topological polar surface area (TPSA) is 53.6 Å². The Hall–Kier alpha value is -0.650. The van der Waals surface area contributed by atoms with Gasteiger partial charge in [0.15, 0.2) is 0 Å². The first kappa shape index (κ1) is 15.7. The van der Waals surface area contributed by atoms with Gasteiger partial charge in [0.25, 0.3) is 0 Å². The van der Waals surface area contributed by atoms with Crippen LogP contribution < -0.4 is 10.6 Å². The first-order valence-electron chi connectivity index (χ1n) is 7.98. The minimum Gasteiger partial charge on any atom is -0.380 e. The van der Waals surface area contributed by atoms with Crippen LogP contribution in [0.15, 0.2) is 0 Å². The average Bonchev–Trinajstić information content (AvgIpc) is 2.94. The number of carbonyl (C=O) groups is 1. The quantitative estimate of drug-likeness (QED) is 0.706. The van der Waals surface area contributed by atoms with E-state index in [2.05, 4.69) is 22.5 Å². The molecule has 3 unspecified atom stereocenters. The third-order valence-corrected chi connectivity index (χ3v) is 4.60. The molecule has 0 aromatic heterocycles. The zero-order chi connectivity index (χ0) is 14.4. The van der Waals surface area contributed by atoms with Gasteiger partial charge < -0.3 is 20.3 Å². The largest absolute Gasteiger partial charge is 0.380 e. The van der Waals surface area contributed by atoms with E-state index in [-0.39, 0.29) is 18.1 Å². The second-order valence-electron chi connectivity index (χ2n) is 6.08. The summed E-state index contributed by atoms with van der Waals surface area (Å²) in [4.78, 5) is 14.5. The highest BCUT2D eigenvalue weighted by atomic mass is 16.5. The molecule has 1 amide bonds. The van der Waals surface area contributed by atoms with Crippen LogP contribution in [0.2, 0.25) is 0 Å². The summed E-state index contributed by atoms with van der Waals surface area (Å²) in [5.41, 5.74) is 0. The Morgan fingerprint density at radius 1 is 1.45 bits per heavy atom. The van der Waals surface area contributed by atoms with Gasteiger partial charge in [-0.3, -0.25) is 4.79 Å². The van der Waals surface area contributed by atoms with Crippen LogP contribution in [0.4, 0.5) is 0 Å². The molecule has 0 aromatic carbocycles. The normalized spacial score (nSPS) is 31.4. The molecule has 2 aliphatic rings. The highest BCUT2D eigenvalue weighted by Gasteiger charge is 2.28. The van der Waals surface area contributed by atoms with Gasteiger partial charge in [0.05, 0.1) is 12.1 Å². The van der Waals surface area contributed by atoms with Crippen LogP contribution in [0, 0.1) is 0 Å². The number of hydrogen-bond donors (Lipinski definition) is 2. The summed E-state index contributed by atoms with van der Waals surface area (Å²) in [5, 5.41) is 6.25. The van der Waals surface area contributed by atoms with Crippen LogP contribution in [0.1, 0.15) is 39.0 Å². The molecule has 2 aliphatic heterocycles. The van der Waals surface area contributed by atoms with Crippen LogP contribution in [0.3, 0.4) is 0 Å². The number of ether oxygens (including phenoxy) is 1. The van der Waals surface area contributed by atoms with Crippen molar-refractivity contribution in [2.75, 3.05) is 33.3 Å².